The summed E-state index contributed by atoms with van der Waals surface area (Å²) in [4.78, 5) is 19.4. The van der Waals surface area contributed by atoms with E-state index in [1.165, 1.54) is 6.20 Å². The van der Waals surface area contributed by atoms with Crippen LogP contribution in [0.1, 0.15) is 68.7 Å². The van der Waals surface area contributed by atoms with Gasteiger partial charge in [0.1, 0.15) is 5.82 Å². The Morgan fingerprint density at radius 3 is 2.40 bits per heavy atom. The topological polar surface area (TPSA) is 63.1 Å². The van der Waals surface area contributed by atoms with Crippen LogP contribution in [0.5, 0.6) is 0 Å². The predicted octanol–water partition coefficient (Wildman–Crippen LogP) is 4.15. The van der Waals surface area contributed by atoms with Crippen molar-refractivity contribution in [2.75, 3.05) is 0 Å². The Balaban J connectivity index is 2.11. The smallest absolute Gasteiger partial charge is 0.356 e. The Kier molecular flexibility index (Phi) is 4.33. The fourth-order valence-electron chi connectivity index (χ4n) is 2.95. The van der Waals surface area contributed by atoms with E-state index < -0.39 is 5.97 Å². The number of nitrogens with zero attached hydrogens (tertiary/aromatic N) is 2. The van der Waals surface area contributed by atoms with Crippen molar-refractivity contribution in [2.45, 2.75) is 52.4 Å². The maximum absolute atomic E-state index is 11.1. The van der Waals surface area contributed by atoms with E-state index in [0.29, 0.717) is 17.2 Å². The van der Waals surface area contributed by atoms with E-state index in [-0.39, 0.29) is 16.6 Å². The van der Waals surface area contributed by atoms with Gasteiger partial charge in [0.15, 0.2) is 5.69 Å². The summed E-state index contributed by atoms with van der Waals surface area (Å²) in [5.41, 5.74) is 0.243. The van der Waals surface area contributed by atoms with Gasteiger partial charge in [0.05, 0.1) is 11.2 Å². The summed E-state index contributed by atoms with van der Waals surface area (Å²) in [5, 5.41) is 9.16. The number of aromatic nitrogens is 2. The van der Waals surface area contributed by atoms with Crippen molar-refractivity contribution in [1.82, 2.24) is 9.97 Å². The standard InChI is InChI=1S/C15H21ClN2O2/c1-15(2,3)10-6-4-9(5-7-10)13-17-8-11(16)12(18-13)14(19)20/h8-10H,4-7H2,1-3H3,(H,19,20). The molecule has 110 valence electrons. The highest BCUT2D eigenvalue weighted by Gasteiger charge is 2.31. The fraction of sp³-hybridized carbons (Fsp3) is 0.667. The van der Waals surface area contributed by atoms with Gasteiger partial charge in [-0.25, -0.2) is 14.8 Å². The third-order valence-corrected chi connectivity index (χ3v) is 4.56. The molecule has 1 saturated carbocycles. The van der Waals surface area contributed by atoms with Crippen molar-refractivity contribution in [3.63, 3.8) is 0 Å². The van der Waals surface area contributed by atoms with Gasteiger partial charge in [-0.2, -0.15) is 0 Å². The third kappa shape index (κ3) is 3.29. The van der Waals surface area contributed by atoms with Crippen LogP contribution in [0.3, 0.4) is 0 Å². The summed E-state index contributed by atoms with van der Waals surface area (Å²) >= 11 is 5.81. The van der Waals surface area contributed by atoms with Crippen molar-refractivity contribution in [2.24, 2.45) is 11.3 Å². The summed E-state index contributed by atoms with van der Waals surface area (Å²) in [6.45, 7) is 6.83. The van der Waals surface area contributed by atoms with Gasteiger partial charge in [0.2, 0.25) is 0 Å². The normalized spacial score (nSPS) is 23.6. The molecule has 1 fully saturated rings. The number of rotatable bonds is 2. The first-order chi connectivity index (χ1) is 9.29. The van der Waals surface area contributed by atoms with Crippen LogP contribution >= 0.6 is 11.6 Å². The maximum atomic E-state index is 11.1. The zero-order valence-electron chi connectivity index (χ0n) is 12.2. The van der Waals surface area contributed by atoms with E-state index in [9.17, 15) is 4.79 Å². The van der Waals surface area contributed by atoms with Crippen LogP contribution in [0, 0.1) is 11.3 Å². The summed E-state index contributed by atoms with van der Waals surface area (Å²) in [7, 11) is 0. The Morgan fingerprint density at radius 2 is 1.90 bits per heavy atom. The Bertz CT molecular complexity index is 503. The van der Waals surface area contributed by atoms with Crippen molar-refractivity contribution in [3.8, 4) is 0 Å². The second kappa shape index (κ2) is 5.68. The molecule has 1 aromatic rings. The first-order valence-corrected chi connectivity index (χ1v) is 7.42. The molecular weight excluding hydrogens is 276 g/mol. The van der Waals surface area contributed by atoms with Gasteiger partial charge in [-0.3, -0.25) is 0 Å². The van der Waals surface area contributed by atoms with E-state index in [4.69, 9.17) is 16.7 Å². The number of hydrogen-bond donors (Lipinski definition) is 1. The van der Waals surface area contributed by atoms with Crippen LogP contribution in [0.25, 0.3) is 0 Å². The Labute approximate surface area is 124 Å². The molecule has 5 heteroatoms. The summed E-state index contributed by atoms with van der Waals surface area (Å²) in [6, 6.07) is 0. The second-order valence-corrected chi connectivity index (χ2v) is 7.05. The summed E-state index contributed by atoms with van der Waals surface area (Å²) in [5.74, 6) is 0.496. The van der Waals surface area contributed by atoms with Gasteiger partial charge in [-0.1, -0.05) is 32.4 Å². The Morgan fingerprint density at radius 1 is 1.30 bits per heavy atom. The minimum atomic E-state index is -1.10. The first-order valence-electron chi connectivity index (χ1n) is 7.04. The van der Waals surface area contributed by atoms with Crippen molar-refractivity contribution in [3.05, 3.63) is 22.7 Å². The molecule has 0 aliphatic heterocycles. The average molecular weight is 297 g/mol. The van der Waals surface area contributed by atoms with Crippen LogP contribution in [-0.2, 0) is 0 Å². The molecule has 1 heterocycles. The summed E-state index contributed by atoms with van der Waals surface area (Å²) in [6.07, 6.45) is 5.72. The lowest BCUT2D eigenvalue weighted by Gasteiger charge is -2.36. The highest BCUT2D eigenvalue weighted by Crippen LogP contribution is 2.42. The molecule has 0 aromatic carbocycles. The quantitative estimate of drug-likeness (QED) is 0.890. The number of carbonyl (C=O) groups is 1. The van der Waals surface area contributed by atoms with E-state index in [2.05, 4.69) is 30.7 Å². The van der Waals surface area contributed by atoms with E-state index >= 15 is 0 Å². The molecule has 0 atom stereocenters. The molecular formula is C15H21ClN2O2. The molecule has 4 nitrogen and oxygen atoms in total. The maximum Gasteiger partial charge on any atom is 0.356 e. The van der Waals surface area contributed by atoms with E-state index in [0.717, 1.165) is 25.7 Å². The molecule has 0 unspecified atom stereocenters. The molecule has 0 amide bonds. The first kappa shape index (κ1) is 15.2. The predicted molar refractivity (Wildman–Crippen MR) is 78.2 cm³/mol. The molecule has 0 spiro atoms. The number of halogens is 1. The molecule has 0 bridgehead atoms. The average Bonchev–Trinajstić information content (AvgIpc) is 2.38. The number of aromatic carboxylic acids is 1. The van der Waals surface area contributed by atoms with Crippen molar-refractivity contribution in [1.29, 1.82) is 0 Å². The van der Waals surface area contributed by atoms with Crippen LogP contribution in [0.15, 0.2) is 6.20 Å². The van der Waals surface area contributed by atoms with Gasteiger partial charge < -0.3 is 5.11 Å². The number of carboxylic acid groups (broad SMARTS) is 1. The molecule has 2 rings (SSSR count). The lowest BCUT2D eigenvalue weighted by molar-refractivity contribution is 0.0689. The molecule has 1 aromatic heterocycles. The van der Waals surface area contributed by atoms with Crippen molar-refractivity contribution < 1.29 is 9.90 Å². The number of hydrogen-bond acceptors (Lipinski definition) is 3. The molecule has 0 radical (unpaired) electrons. The van der Waals surface area contributed by atoms with Crippen molar-refractivity contribution >= 4 is 17.6 Å². The lowest BCUT2D eigenvalue weighted by Crippen LogP contribution is -2.26. The summed E-state index contributed by atoms with van der Waals surface area (Å²) < 4.78 is 0. The second-order valence-electron chi connectivity index (χ2n) is 6.64. The van der Waals surface area contributed by atoms with Crippen LogP contribution in [0.4, 0.5) is 0 Å². The van der Waals surface area contributed by atoms with Gasteiger partial charge >= 0.3 is 5.97 Å². The van der Waals surface area contributed by atoms with Gasteiger partial charge in [0, 0.05) is 5.92 Å². The Hall–Kier alpha value is -1.16. The zero-order chi connectivity index (χ0) is 14.9. The van der Waals surface area contributed by atoms with Crippen LogP contribution < -0.4 is 0 Å². The van der Waals surface area contributed by atoms with Gasteiger partial charge in [-0.15, -0.1) is 0 Å². The van der Waals surface area contributed by atoms with Gasteiger partial charge in [0.25, 0.3) is 0 Å². The van der Waals surface area contributed by atoms with E-state index in [1.807, 2.05) is 0 Å². The largest absolute Gasteiger partial charge is 0.476 e. The highest BCUT2D eigenvalue weighted by molar-refractivity contribution is 6.33. The van der Waals surface area contributed by atoms with Gasteiger partial charge in [-0.05, 0) is 37.0 Å². The minimum Gasteiger partial charge on any atom is -0.476 e. The molecule has 1 N–H and O–H groups in total. The van der Waals surface area contributed by atoms with Crippen LogP contribution in [0.2, 0.25) is 5.02 Å². The van der Waals surface area contributed by atoms with E-state index in [1.54, 1.807) is 0 Å². The monoisotopic (exact) mass is 296 g/mol. The SMILES string of the molecule is CC(C)(C)C1CCC(c2ncc(Cl)c(C(=O)O)n2)CC1. The highest BCUT2D eigenvalue weighted by atomic mass is 35.5. The molecule has 1 aliphatic rings. The van der Waals surface area contributed by atoms with Crippen LogP contribution in [-0.4, -0.2) is 21.0 Å². The zero-order valence-corrected chi connectivity index (χ0v) is 12.9. The lowest BCUT2D eigenvalue weighted by atomic mass is 9.69. The minimum absolute atomic E-state index is 0.0883. The molecule has 1 aliphatic carbocycles. The number of carboxylic acids is 1. The molecule has 20 heavy (non-hydrogen) atoms. The molecule has 0 saturated heterocycles. The third-order valence-electron chi connectivity index (χ3n) is 4.28. The fourth-order valence-corrected chi connectivity index (χ4v) is 3.12.